The third-order valence-electron chi connectivity index (χ3n) is 4.56. The number of morpholine rings is 1. The number of nitrogens with zero attached hydrogens (tertiary/aromatic N) is 1. The van der Waals surface area contributed by atoms with E-state index in [2.05, 4.69) is 15.5 Å². The summed E-state index contributed by atoms with van der Waals surface area (Å²) in [5.41, 5.74) is 1.39. The lowest BCUT2D eigenvalue weighted by molar-refractivity contribution is -0.126. The molecule has 7 nitrogen and oxygen atoms in total. The van der Waals surface area contributed by atoms with Crippen LogP contribution >= 0.6 is 0 Å². The first kappa shape index (κ1) is 18.8. The molecular formula is C19H27N3O4. The molecule has 1 unspecified atom stereocenters. The summed E-state index contributed by atoms with van der Waals surface area (Å²) < 4.78 is 10.8. The van der Waals surface area contributed by atoms with Crippen LogP contribution in [0.3, 0.4) is 0 Å². The molecule has 1 saturated heterocycles. The number of amides is 2. The second-order valence-corrected chi connectivity index (χ2v) is 6.92. The lowest BCUT2D eigenvalue weighted by atomic mass is 10.2. The maximum Gasteiger partial charge on any atom is 0.253 e. The zero-order valence-electron chi connectivity index (χ0n) is 15.2. The summed E-state index contributed by atoms with van der Waals surface area (Å²) in [4.78, 5) is 26.3. The predicted molar refractivity (Wildman–Crippen MR) is 99.1 cm³/mol. The van der Waals surface area contributed by atoms with Gasteiger partial charge in [-0.25, -0.2) is 0 Å². The molecule has 1 heterocycles. The number of hydrogen-bond acceptors (Lipinski definition) is 5. The van der Waals surface area contributed by atoms with Gasteiger partial charge in [-0.15, -0.1) is 0 Å². The smallest absolute Gasteiger partial charge is 0.253 e. The van der Waals surface area contributed by atoms with Gasteiger partial charge in [0.1, 0.15) is 6.10 Å². The number of benzene rings is 1. The molecule has 0 bridgehead atoms. The molecule has 1 atom stereocenters. The number of ether oxygens (including phenoxy) is 2. The normalized spacial score (nSPS) is 19.0. The van der Waals surface area contributed by atoms with E-state index in [4.69, 9.17) is 9.47 Å². The van der Waals surface area contributed by atoms with Gasteiger partial charge in [-0.2, -0.15) is 0 Å². The first-order valence-corrected chi connectivity index (χ1v) is 9.22. The van der Waals surface area contributed by atoms with E-state index in [1.807, 2.05) is 0 Å². The predicted octanol–water partition coefficient (Wildman–Crippen LogP) is 1.71. The van der Waals surface area contributed by atoms with Crippen LogP contribution in [0.15, 0.2) is 24.3 Å². The molecule has 142 valence electrons. The minimum absolute atomic E-state index is 0.0502. The van der Waals surface area contributed by atoms with E-state index in [0.29, 0.717) is 43.7 Å². The fraction of sp³-hybridized carbons (Fsp3) is 0.579. The second kappa shape index (κ2) is 9.12. The Morgan fingerprint density at radius 3 is 2.38 bits per heavy atom. The van der Waals surface area contributed by atoms with Crippen LogP contribution in [0, 0.1) is 5.92 Å². The minimum Gasteiger partial charge on any atom is -0.379 e. The quantitative estimate of drug-likeness (QED) is 0.737. The molecule has 1 aromatic rings. The number of carbonyl (C=O) groups is 2. The summed E-state index contributed by atoms with van der Waals surface area (Å²) >= 11 is 0. The van der Waals surface area contributed by atoms with Crippen molar-refractivity contribution in [2.24, 2.45) is 5.92 Å². The maximum absolute atomic E-state index is 12.1. The Labute approximate surface area is 154 Å². The van der Waals surface area contributed by atoms with Crippen LogP contribution in [-0.2, 0) is 19.1 Å². The number of hydrogen-bond donors (Lipinski definition) is 2. The summed E-state index contributed by atoms with van der Waals surface area (Å²) in [6, 6.07) is 7.11. The van der Waals surface area contributed by atoms with E-state index in [0.717, 1.165) is 13.1 Å². The van der Waals surface area contributed by atoms with Crippen molar-refractivity contribution in [3.8, 4) is 0 Å². The van der Waals surface area contributed by atoms with Crippen molar-refractivity contribution in [2.45, 2.75) is 25.9 Å². The summed E-state index contributed by atoms with van der Waals surface area (Å²) in [6.07, 6.45) is 1.93. The minimum atomic E-state index is -0.469. The molecule has 26 heavy (non-hydrogen) atoms. The molecule has 3 rings (SSSR count). The summed E-state index contributed by atoms with van der Waals surface area (Å²) in [5, 5.41) is 5.71. The highest BCUT2D eigenvalue weighted by Gasteiger charge is 2.24. The molecular weight excluding hydrogens is 334 g/mol. The molecule has 0 spiro atoms. The van der Waals surface area contributed by atoms with Crippen LogP contribution in [0.25, 0.3) is 0 Å². The van der Waals surface area contributed by atoms with E-state index in [-0.39, 0.29) is 11.8 Å². The Bertz CT molecular complexity index is 610. The Balaban J connectivity index is 1.41. The molecule has 2 amide bonds. The van der Waals surface area contributed by atoms with Gasteiger partial charge in [-0.05, 0) is 49.9 Å². The van der Waals surface area contributed by atoms with E-state index < -0.39 is 6.10 Å². The monoisotopic (exact) mass is 361 g/mol. The van der Waals surface area contributed by atoms with Crippen LogP contribution in [0.5, 0.6) is 0 Å². The molecule has 2 aliphatic rings. The van der Waals surface area contributed by atoms with E-state index in [9.17, 15) is 9.59 Å². The largest absolute Gasteiger partial charge is 0.379 e. The van der Waals surface area contributed by atoms with Crippen molar-refractivity contribution in [3.63, 3.8) is 0 Å². The number of carbonyl (C=O) groups excluding carboxylic acids is 2. The van der Waals surface area contributed by atoms with Crippen LogP contribution < -0.4 is 10.6 Å². The van der Waals surface area contributed by atoms with Gasteiger partial charge in [-0.3, -0.25) is 14.5 Å². The third kappa shape index (κ3) is 6.09. The molecule has 2 fully saturated rings. The highest BCUT2D eigenvalue weighted by atomic mass is 16.5. The van der Waals surface area contributed by atoms with E-state index >= 15 is 0 Å². The molecule has 0 radical (unpaired) electrons. The van der Waals surface area contributed by atoms with Gasteiger partial charge in [0.2, 0.25) is 5.91 Å². The number of rotatable bonds is 8. The topological polar surface area (TPSA) is 79.9 Å². The maximum atomic E-state index is 12.1. The van der Waals surface area contributed by atoms with Gasteiger partial charge < -0.3 is 20.1 Å². The Hall–Kier alpha value is -1.96. The van der Waals surface area contributed by atoms with Gasteiger partial charge in [0.05, 0.1) is 26.4 Å². The standard InChI is InChI=1S/C19H27N3O4/c1-14(26-13-15-2-3-15)19(24)21-17-6-4-16(5-7-17)20-18(23)12-22-8-10-25-11-9-22/h4-7,14-15H,2-3,8-13H2,1H3,(H,20,23)(H,21,24). The summed E-state index contributed by atoms with van der Waals surface area (Å²) in [6.45, 7) is 5.67. The van der Waals surface area contributed by atoms with E-state index in [1.54, 1.807) is 31.2 Å². The van der Waals surface area contributed by atoms with Crippen molar-refractivity contribution >= 4 is 23.2 Å². The summed E-state index contributed by atoms with van der Waals surface area (Å²) in [7, 11) is 0. The molecule has 2 N–H and O–H groups in total. The number of nitrogens with one attached hydrogen (secondary N) is 2. The van der Waals surface area contributed by atoms with Crippen LogP contribution in [0.4, 0.5) is 11.4 Å². The zero-order chi connectivity index (χ0) is 18.4. The highest BCUT2D eigenvalue weighted by Crippen LogP contribution is 2.29. The van der Waals surface area contributed by atoms with Crippen LogP contribution in [-0.4, -0.2) is 62.3 Å². The van der Waals surface area contributed by atoms with Crippen LogP contribution in [0.1, 0.15) is 19.8 Å². The van der Waals surface area contributed by atoms with Crippen molar-refractivity contribution in [1.82, 2.24) is 4.90 Å². The summed E-state index contributed by atoms with van der Waals surface area (Å²) in [5.74, 6) is 0.422. The molecule has 1 aromatic carbocycles. The molecule has 7 heteroatoms. The average molecular weight is 361 g/mol. The fourth-order valence-electron chi connectivity index (χ4n) is 2.68. The van der Waals surface area contributed by atoms with Gasteiger partial charge in [-0.1, -0.05) is 0 Å². The van der Waals surface area contributed by atoms with Gasteiger partial charge in [0.15, 0.2) is 0 Å². The van der Waals surface area contributed by atoms with Gasteiger partial charge >= 0.3 is 0 Å². The fourth-order valence-corrected chi connectivity index (χ4v) is 2.68. The van der Waals surface area contributed by atoms with Crippen molar-refractivity contribution in [3.05, 3.63) is 24.3 Å². The highest BCUT2D eigenvalue weighted by molar-refractivity contribution is 5.95. The van der Waals surface area contributed by atoms with Crippen LogP contribution in [0.2, 0.25) is 0 Å². The SMILES string of the molecule is CC(OCC1CC1)C(=O)Nc1ccc(NC(=O)CN2CCOCC2)cc1. The molecule has 1 saturated carbocycles. The van der Waals surface area contributed by atoms with Crippen molar-refractivity contribution in [2.75, 3.05) is 50.1 Å². The Morgan fingerprint density at radius 1 is 1.15 bits per heavy atom. The Kier molecular flexibility index (Phi) is 6.60. The lowest BCUT2D eigenvalue weighted by Gasteiger charge is -2.25. The molecule has 0 aromatic heterocycles. The average Bonchev–Trinajstić information content (AvgIpc) is 3.46. The first-order chi connectivity index (χ1) is 12.6. The Morgan fingerprint density at radius 2 is 1.77 bits per heavy atom. The van der Waals surface area contributed by atoms with E-state index in [1.165, 1.54) is 12.8 Å². The number of anilines is 2. The van der Waals surface area contributed by atoms with Gasteiger partial charge in [0, 0.05) is 24.5 Å². The lowest BCUT2D eigenvalue weighted by Crippen LogP contribution is -2.41. The molecule has 1 aliphatic heterocycles. The van der Waals surface area contributed by atoms with Crippen molar-refractivity contribution < 1.29 is 19.1 Å². The zero-order valence-corrected chi connectivity index (χ0v) is 15.2. The van der Waals surface area contributed by atoms with Gasteiger partial charge in [0.25, 0.3) is 5.91 Å². The van der Waals surface area contributed by atoms with Crippen molar-refractivity contribution in [1.29, 1.82) is 0 Å². The first-order valence-electron chi connectivity index (χ1n) is 9.22. The second-order valence-electron chi connectivity index (χ2n) is 6.92. The molecule has 1 aliphatic carbocycles. The third-order valence-corrected chi connectivity index (χ3v) is 4.56.